The minimum absolute atomic E-state index is 0. The van der Waals surface area contributed by atoms with Gasteiger partial charge in [-0.2, -0.15) is 22.8 Å². The monoisotopic (exact) mass is 728 g/mol. The van der Waals surface area contributed by atoms with E-state index in [4.69, 9.17) is 9.97 Å². The average Bonchev–Trinajstić information content (AvgIpc) is 3.98. The summed E-state index contributed by atoms with van der Waals surface area (Å²) in [5.74, 6) is 0.250. The summed E-state index contributed by atoms with van der Waals surface area (Å²) >= 11 is 0. The van der Waals surface area contributed by atoms with Crippen molar-refractivity contribution in [2.24, 2.45) is 0 Å². The van der Waals surface area contributed by atoms with E-state index >= 15 is 0 Å². The second kappa shape index (κ2) is 13.8. The molecule has 5 heterocycles. The first-order valence-electron chi connectivity index (χ1n) is 17.2. The molecular weight excluding hydrogens is 691 g/mol. The van der Waals surface area contributed by atoms with Gasteiger partial charge in [0, 0.05) is 47.8 Å². The SMILES string of the molecule is C1=CC2NC1C(c1ccccc1)c1ccc([n-]1)C(c1ccccc1)C1C=CC(N1)C(c1ccccc1)c1ccc([n-]1)C2c1ccccc1.[Pd+2]. The predicted molar refractivity (Wildman–Crippen MR) is 192 cm³/mol. The van der Waals surface area contributed by atoms with Crippen molar-refractivity contribution in [3.05, 3.63) is 215 Å². The van der Waals surface area contributed by atoms with Crippen molar-refractivity contribution in [2.45, 2.75) is 47.8 Å². The van der Waals surface area contributed by atoms with Crippen LogP contribution < -0.4 is 20.6 Å². The molecule has 8 atom stereocenters. The van der Waals surface area contributed by atoms with Gasteiger partial charge in [0.2, 0.25) is 0 Å². The third-order valence-corrected chi connectivity index (χ3v) is 10.5. The van der Waals surface area contributed by atoms with Gasteiger partial charge in [0.05, 0.1) is 0 Å². The molecule has 4 aromatic carbocycles. The van der Waals surface area contributed by atoms with Gasteiger partial charge in [-0.05, 0) is 22.3 Å². The number of rotatable bonds is 4. The fourth-order valence-electron chi connectivity index (χ4n) is 8.35. The molecule has 0 aliphatic carbocycles. The normalized spacial score (nSPS) is 27.1. The van der Waals surface area contributed by atoms with Crippen molar-refractivity contribution < 1.29 is 20.4 Å². The van der Waals surface area contributed by atoms with Gasteiger partial charge < -0.3 is 20.6 Å². The van der Waals surface area contributed by atoms with Crippen LogP contribution in [0.1, 0.15) is 68.7 Å². The van der Waals surface area contributed by atoms with Crippen LogP contribution in [0.25, 0.3) is 0 Å². The van der Waals surface area contributed by atoms with Gasteiger partial charge in [-0.25, -0.2) is 0 Å². The third kappa shape index (κ3) is 6.03. The van der Waals surface area contributed by atoms with Gasteiger partial charge in [-0.3, -0.25) is 0 Å². The molecule has 8 unspecified atom stereocenters. The molecule has 0 spiro atoms. The van der Waals surface area contributed by atoms with Gasteiger partial charge >= 0.3 is 20.4 Å². The number of fused-ring (bicyclic) bond motifs is 8. The van der Waals surface area contributed by atoms with E-state index in [0.717, 1.165) is 22.8 Å². The first-order valence-corrected chi connectivity index (χ1v) is 17.2. The topological polar surface area (TPSA) is 52.3 Å². The number of nitrogens with one attached hydrogen (secondary N) is 2. The molecule has 9 rings (SSSR count). The summed E-state index contributed by atoms with van der Waals surface area (Å²) in [6.07, 6.45) is 9.45. The molecule has 2 aromatic heterocycles. The van der Waals surface area contributed by atoms with Gasteiger partial charge in [-0.15, -0.1) is 0 Å². The van der Waals surface area contributed by atoms with E-state index in [1.54, 1.807) is 0 Å². The zero-order valence-corrected chi connectivity index (χ0v) is 28.5. The molecule has 8 bridgehead atoms. The van der Waals surface area contributed by atoms with Crippen LogP contribution in [-0.4, -0.2) is 24.2 Å². The maximum absolute atomic E-state index is 5.50. The number of benzene rings is 4. The van der Waals surface area contributed by atoms with Gasteiger partial charge in [0.15, 0.2) is 0 Å². The molecule has 2 N–H and O–H groups in total. The molecule has 5 heteroatoms. The van der Waals surface area contributed by atoms with Crippen LogP contribution in [0.5, 0.6) is 0 Å². The third-order valence-electron chi connectivity index (χ3n) is 10.5. The van der Waals surface area contributed by atoms with Crippen molar-refractivity contribution in [3.8, 4) is 0 Å². The van der Waals surface area contributed by atoms with Crippen molar-refractivity contribution in [1.29, 1.82) is 0 Å². The maximum Gasteiger partial charge on any atom is 2.00 e. The molecule has 6 aromatic rings. The van der Waals surface area contributed by atoms with Gasteiger partial charge in [0.1, 0.15) is 0 Å². The van der Waals surface area contributed by atoms with Crippen molar-refractivity contribution >= 4 is 0 Å². The standard InChI is InChI=1S/C44H38N4.Pd/c1-5-13-29(14-6-1)41-33-21-23-35(45-33)42(30-15-7-2-8-16-30)37-25-27-39(47-37)44(32-19-11-4-12-20-32)40-28-26-38(48-40)43(31-17-9-3-10-18-31)36-24-22-34(41)46-36;/h1-28,33,35,38,40-45,48H;/q-2;+2. The van der Waals surface area contributed by atoms with E-state index in [0.29, 0.717) is 0 Å². The Labute approximate surface area is 302 Å². The maximum atomic E-state index is 5.50. The number of nitrogens with zero attached hydrogens (tertiary/aromatic N) is 2. The van der Waals surface area contributed by atoms with E-state index in [-0.39, 0.29) is 68.3 Å². The van der Waals surface area contributed by atoms with E-state index in [2.05, 4.69) is 181 Å². The van der Waals surface area contributed by atoms with E-state index in [1.807, 2.05) is 0 Å². The zero-order chi connectivity index (χ0) is 31.9. The Morgan fingerprint density at radius 2 is 0.531 bits per heavy atom. The summed E-state index contributed by atoms with van der Waals surface area (Å²) in [5.41, 5.74) is 9.42. The molecule has 49 heavy (non-hydrogen) atoms. The van der Waals surface area contributed by atoms with Crippen LogP contribution in [-0.2, 0) is 20.4 Å². The van der Waals surface area contributed by atoms with E-state index in [9.17, 15) is 0 Å². The van der Waals surface area contributed by atoms with Crippen molar-refractivity contribution in [1.82, 2.24) is 20.6 Å². The molecular formula is C44H38N4Pd. The largest absolute Gasteiger partial charge is 2.00 e. The second-order valence-corrected chi connectivity index (χ2v) is 13.3. The summed E-state index contributed by atoms with van der Waals surface area (Å²) in [6.45, 7) is 0. The smallest absolute Gasteiger partial charge is 0.664 e. The molecule has 0 fully saturated rings. The van der Waals surface area contributed by atoms with Crippen LogP contribution in [0.4, 0.5) is 0 Å². The summed E-state index contributed by atoms with van der Waals surface area (Å²) < 4.78 is 0. The van der Waals surface area contributed by atoms with Gasteiger partial charge in [0.25, 0.3) is 0 Å². The average molecular weight is 729 g/mol. The minimum Gasteiger partial charge on any atom is -0.664 e. The van der Waals surface area contributed by atoms with Crippen molar-refractivity contribution in [2.75, 3.05) is 0 Å². The van der Waals surface area contributed by atoms with Crippen LogP contribution >= 0.6 is 0 Å². The van der Waals surface area contributed by atoms with Crippen LogP contribution in [0.2, 0.25) is 0 Å². The van der Waals surface area contributed by atoms with Crippen LogP contribution in [0.3, 0.4) is 0 Å². The minimum atomic E-state index is 0. The number of aromatic nitrogens is 2. The Balaban J connectivity index is 0.00000348. The first kappa shape index (κ1) is 31.8. The molecule has 244 valence electrons. The summed E-state index contributed by atoms with van der Waals surface area (Å²) in [5, 5.41) is 8.13. The number of hydrogen-bond acceptors (Lipinski definition) is 2. The van der Waals surface area contributed by atoms with Gasteiger partial charge in [-0.1, -0.05) is 170 Å². The fraction of sp³-hybridized carbons (Fsp3) is 0.182. The summed E-state index contributed by atoms with van der Waals surface area (Å²) in [6, 6.07) is 52.7. The Morgan fingerprint density at radius 3 is 0.755 bits per heavy atom. The van der Waals surface area contributed by atoms with E-state index < -0.39 is 0 Å². The molecule has 0 radical (unpaired) electrons. The Bertz CT molecular complexity index is 1740. The molecule has 4 nitrogen and oxygen atoms in total. The van der Waals surface area contributed by atoms with E-state index in [1.165, 1.54) is 22.3 Å². The Hall–Kier alpha value is -4.50. The first-order chi connectivity index (χ1) is 23.8. The predicted octanol–water partition coefficient (Wildman–Crippen LogP) is 7.63. The summed E-state index contributed by atoms with van der Waals surface area (Å²) in [4.78, 5) is 11.0. The Morgan fingerprint density at radius 1 is 0.306 bits per heavy atom. The second-order valence-electron chi connectivity index (χ2n) is 13.3. The fourth-order valence-corrected chi connectivity index (χ4v) is 8.35. The summed E-state index contributed by atoms with van der Waals surface area (Å²) in [7, 11) is 0. The van der Waals surface area contributed by atoms with Crippen molar-refractivity contribution in [3.63, 3.8) is 0 Å². The Kier molecular flexibility index (Phi) is 8.93. The molecule has 0 saturated heterocycles. The van der Waals surface area contributed by atoms with Crippen LogP contribution in [0, 0.1) is 0 Å². The molecule has 3 aliphatic heterocycles. The molecule has 0 amide bonds. The number of hydrogen-bond donors (Lipinski definition) is 2. The quantitative estimate of drug-likeness (QED) is 0.145. The zero-order valence-electron chi connectivity index (χ0n) is 27.0. The molecule has 3 aliphatic rings. The molecule has 0 saturated carbocycles. The van der Waals surface area contributed by atoms with Crippen LogP contribution in [0.15, 0.2) is 170 Å².